The Hall–Kier alpha value is -1.12. The fraction of sp³-hybridized carbons (Fsp3) is 0.556. The number of rotatable bonds is 2. The highest BCUT2D eigenvalue weighted by atomic mass is 16.1. The van der Waals surface area contributed by atoms with Crippen molar-refractivity contribution in [3.63, 3.8) is 0 Å². The van der Waals surface area contributed by atoms with E-state index < -0.39 is 0 Å². The molecule has 3 heteroatoms. The maximum Gasteiger partial charge on any atom is 0.163 e. The summed E-state index contributed by atoms with van der Waals surface area (Å²) in [4.78, 5) is 11.2. The van der Waals surface area contributed by atoms with Gasteiger partial charge in [-0.05, 0) is 19.8 Å². The van der Waals surface area contributed by atoms with E-state index in [4.69, 9.17) is 0 Å². The van der Waals surface area contributed by atoms with Gasteiger partial charge in [0.05, 0.1) is 11.3 Å². The summed E-state index contributed by atoms with van der Waals surface area (Å²) in [5, 5.41) is 6.90. The maximum absolute atomic E-state index is 11.2. The number of hydrogen-bond donors (Lipinski definition) is 1. The highest BCUT2D eigenvalue weighted by Crippen LogP contribution is 2.19. The summed E-state index contributed by atoms with van der Waals surface area (Å²) < 4.78 is 0. The van der Waals surface area contributed by atoms with Crippen molar-refractivity contribution in [2.24, 2.45) is 0 Å². The molecule has 0 unspecified atom stereocenters. The molecule has 1 aromatic rings. The Morgan fingerprint density at radius 3 is 2.42 bits per heavy atom. The summed E-state index contributed by atoms with van der Waals surface area (Å²) in [6.45, 7) is 7.50. The first kappa shape index (κ1) is 8.97. The Labute approximate surface area is 72.2 Å². The molecule has 0 fully saturated rings. The minimum absolute atomic E-state index is 0.0879. The van der Waals surface area contributed by atoms with Gasteiger partial charge in [0.1, 0.15) is 0 Å². The molecule has 0 aliphatic carbocycles. The number of aromatic amines is 1. The highest BCUT2D eigenvalue weighted by Gasteiger charge is 2.15. The van der Waals surface area contributed by atoms with E-state index in [-0.39, 0.29) is 5.78 Å². The van der Waals surface area contributed by atoms with Gasteiger partial charge in [0.25, 0.3) is 0 Å². The van der Waals surface area contributed by atoms with Gasteiger partial charge in [-0.2, -0.15) is 5.10 Å². The molecule has 0 saturated heterocycles. The van der Waals surface area contributed by atoms with Crippen LogP contribution in [0.5, 0.6) is 0 Å². The van der Waals surface area contributed by atoms with Crippen molar-refractivity contribution in [1.82, 2.24) is 10.2 Å². The number of ketones is 1. The van der Waals surface area contributed by atoms with Gasteiger partial charge in [0, 0.05) is 5.69 Å². The van der Waals surface area contributed by atoms with Crippen LogP contribution in [0.25, 0.3) is 0 Å². The lowest BCUT2D eigenvalue weighted by Gasteiger charge is -2.02. The molecule has 0 amide bonds. The standard InChI is InChI=1S/C9H14N2O/c1-5(2)9-8(7(4)12)6(3)10-11-9/h5H,1-4H3,(H,10,11). The molecule has 0 aliphatic rings. The van der Waals surface area contributed by atoms with Crippen molar-refractivity contribution in [2.75, 3.05) is 0 Å². The average molecular weight is 166 g/mol. The van der Waals surface area contributed by atoms with Crippen molar-refractivity contribution < 1.29 is 4.79 Å². The molecule has 0 aliphatic heterocycles. The highest BCUT2D eigenvalue weighted by molar-refractivity contribution is 5.96. The van der Waals surface area contributed by atoms with E-state index in [0.29, 0.717) is 5.92 Å². The molecule has 0 saturated carbocycles. The quantitative estimate of drug-likeness (QED) is 0.683. The number of nitrogens with one attached hydrogen (secondary N) is 1. The zero-order chi connectivity index (χ0) is 9.30. The predicted molar refractivity (Wildman–Crippen MR) is 47.4 cm³/mol. The molecule has 0 atom stereocenters. The molecule has 1 heterocycles. The summed E-state index contributed by atoms with van der Waals surface area (Å²) >= 11 is 0. The number of carbonyl (C=O) groups is 1. The van der Waals surface area contributed by atoms with Crippen LogP contribution in [0, 0.1) is 6.92 Å². The normalized spacial score (nSPS) is 10.8. The summed E-state index contributed by atoms with van der Waals surface area (Å²) in [7, 11) is 0. The summed E-state index contributed by atoms with van der Waals surface area (Å²) in [6.07, 6.45) is 0. The molecule has 1 aromatic heterocycles. The van der Waals surface area contributed by atoms with Gasteiger partial charge in [-0.1, -0.05) is 13.8 Å². The van der Waals surface area contributed by atoms with Crippen LogP contribution in [0.4, 0.5) is 0 Å². The van der Waals surface area contributed by atoms with Gasteiger partial charge in [0.15, 0.2) is 5.78 Å². The number of carbonyl (C=O) groups excluding carboxylic acids is 1. The van der Waals surface area contributed by atoms with Gasteiger partial charge >= 0.3 is 0 Å². The Bertz CT molecular complexity index is 299. The van der Waals surface area contributed by atoms with E-state index >= 15 is 0 Å². The van der Waals surface area contributed by atoms with Crippen LogP contribution >= 0.6 is 0 Å². The van der Waals surface area contributed by atoms with Crippen LogP contribution < -0.4 is 0 Å². The smallest absolute Gasteiger partial charge is 0.163 e. The molecule has 1 rings (SSSR count). The van der Waals surface area contributed by atoms with Crippen LogP contribution in [-0.2, 0) is 0 Å². The number of hydrogen-bond acceptors (Lipinski definition) is 2. The number of Topliss-reactive ketones (excluding diaryl/α,β-unsaturated/α-hetero) is 1. The van der Waals surface area contributed by atoms with Crippen LogP contribution in [0.1, 0.15) is 48.4 Å². The lowest BCUT2D eigenvalue weighted by atomic mass is 10.0. The van der Waals surface area contributed by atoms with Crippen molar-refractivity contribution >= 4 is 5.78 Å². The molecule has 0 radical (unpaired) electrons. The maximum atomic E-state index is 11.2. The molecule has 1 N–H and O–H groups in total. The Kier molecular flexibility index (Phi) is 2.31. The van der Waals surface area contributed by atoms with E-state index in [9.17, 15) is 4.79 Å². The average Bonchev–Trinajstić information content (AvgIpc) is 2.30. The Balaban J connectivity index is 3.21. The van der Waals surface area contributed by atoms with Gasteiger partial charge in [0.2, 0.25) is 0 Å². The first-order chi connectivity index (χ1) is 5.54. The van der Waals surface area contributed by atoms with Crippen molar-refractivity contribution in [3.8, 4) is 0 Å². The largest absolute Gasteiger partial charge is 0.294 e. The van der Waals surface area contributed by atoms with Crippen LogP contribution in [0.15, 0.2) is 0 Å². The molecular formula is C9H14N2O. The van der Waals surface area contributed by atoms with Gasteiger partial charge in [-0.3, -0.25) is 9.89 Å². The topological polar surface area (TPSA) is 45.8 Å². The Morgan fingerprint density at radius 2 is 2.08 bits per heavy atom. The lowest BCUT2D eigenvalue weighted by Crippen LogP contribution is -2.00. The summed E-state index contributed by atoms with van der Waals surface area (Å²) in [5.74, 6) is 0.412. The fourth-order valence-electron chi connectivity index (χ4n) is 1.31. The monoisotopic (exact) mass is 166 g/mol. The van der Waals surface area contributed by atoms with E-state index in [2.05, 4.69) is 10.2 Å². The summed E-state index contributed by atoms with van der Waals surface area (Å²) in [5.41, 5.74) is 2.50. The fourth-order valence-corrected chi connectivity index (χ4v) is 1.31. The second-order valence-electron chi connectivity index (χ2n) is 3.31. The van der Waals surface area contributed by atoms with Gasteiger partial charge in [-0.25, -0.2) is 0 Å². The van der Waals surface area contributed by atoms with Gasteiger partial charge in [-0.15, -0.1) is 0 Å². The van der Waals surface area contributed by atoms with E-state index in [1.165, 1.54) is 0 Å². The van der Waals surface area contributed by atoms with Crippen molar-refractivity contribution in [1.29, 1.82) is 0 Å². The zero-order valence-corrected chi connectivity index (χ0v) is 7.93. The van der Waals surface area contributed by atoms with E-state index in [0.717, 1.165) is 17.0 Å². The molecule has 0 spiro atoms. The zero-order valence-electron chi connectivity index (χ0n) is 7.93. The number of aryl methyl sites for hydroxylation is 1. The minimum Gasteiger partial charge on any atom is -0.294 e. The number of aromatic nitrogens is 2. The van der Waals surface area contributed by atoms with Gasteiger partial charge < -0.3 is 0 Å². The van der Waals surface area contributed by atoms with E-state index in [1.54, 1.807) is 6.92 Å². The minimum atomic E-state index is 0.0879. The van der Waals surface area contributed by atoms with Crippen LogP contribution in [0.3, 0.4) is 0 Å². The molecule has 66 valence electrons. The second-order valence-corrected chi connectivity index (χ2v) is 3.31. The second kappa shape index (κ2) is 3.09. The Morgan fingerprint density at radius 1 is 1.50 bits per heavy atom. The molecular weight excluding hydrogens is 152 g/mol. The van der Waals surface area contributed by atoms with Crippen LogP contribution in [-0.4, -0.2) is 16.0 Å². The third-order valence-electron chi connectivity index (χ3n) is 1.90. The molecule has 12 heavy (non-hydrogen) atoms. The predicted octanol–water partition coefficient (Wildman–Crippen LogP) is 2.04. The third-order valence-corrected chi connectivity index (χ3v) is 1.90. The summed E-state index contributed by atoms with van der Waals surface area (Å²) in [6, 6.07) is 0. The first-order valence-corrected chi connectivity index (χ1v) is 4.09. The van der Waals surface area contributed by atoms with E-state index in [1.807, 2.05) is 20.8 Å². The third kappa shape index (κ3) is 1.40. The molecule has 0 bridgehead atoms. The number of H-pyrrole nitrogens is 1. The number of nitrogens with zero attached hydrogens (tertiary/aromatic N) is 1. The molecule has 0 aromatic carbocycles. The van der Waals surface area contributed by atoms with Crippen LogP contribution in [0.2, 0.25) is 0 Å². The SMILES string of the molecule is CC(=O)c1c(C)n[nH]c1C(C)C. The van der Waals surface area contributed by atoms with Crippen molar-refractivity contribution in [3.05, 3.63) is 17.0 Å². The first-order valence-electron chi connectivity index (χ1n) is 4.09. The lowest BCUT2D eigenvalue weighted by molar-refractivity contribution is 0.101. The van der Waals surface area contributed by atoms with Crippen molar-refractivity contribution in [2.45, 2.75) is 33.6 Å². The molecule has 3 nitrogen and oxygen atoms in total.